The first-order valence-corrected chi connectivity index (χ1v) is 4.15. The Hall–Kier alpha value is -1.05. The summed E-state index contributed by atoms with van der Waals surface area (Å²) in [6.45, 7) is 8.35. The molecule has 1 aromatic rings. The molecule has 0 bridgehead atoms. The van der Waals surface area contributed by atoms with Gasteiger partial charge in [-0.15, -0.1) is 0 Å². The lowest BCUT2D eigenvalue weighted by Crippen LogP contribution is -2.15. The summed E-state index contributed by atoms with van der Waals surface area (Å²) >= 11 is 0. The van der Waals surface area contributed by atoms with E-state index < -0.39 is 0 Å². The van der Waals surface area contributed by atoms with Crippen molar-refractivity contribution >= 4 is 5.82 Å². The van der Waals surface area contributed by atoms with Gasteiger partial charge in [-0.25, -0.2) is 4.98 Å². The van der Waals surface area contributed by atoms with Crippen molar-refractivity contribution in [2.45, 2.75) is 33.1 Å². The van der Waals surface area contributed by atoms with Gasteiger partial charge in [0.05, 0.1) is 0 Å². The predicted molar refractivity (Wildman–Crippen MR) is 52.1 cm³/mol. The van der Waals surface area contributed by atoms with Gasteiger partial charge in [-0.2, -0.15) is 0 Å². The number of aromatic nitrogens is 1. The number of hydrogen-bond donors (Lipinski definition) is 1. The van der Waals surface area contributed by atoms with Gasteiger partial charge in [0.25, 0.3) is 0 Å². The molecule has 0 aliphatic carbocycles. The molecule has 0 radical (unpaired) electrons. The molecule has 1 heterocycles. The Morgan fingerprint density at radius 2 is 1.83 bits per heavy atom. The maximum absolute atomic E-state index is 5.80. The first-order chi connectivity index (χ1) is 5.41. The second-order valence-corrected chi connectivity index (χ2v) is 4.14. The van der Waals surface area contributed by atoms with Crippen LogP contribution in [-0.4, -0.2) is 4.98 Å². The van der Waals surface area contributed by atoms with E-state index >= 15 is 0 Å². The zero-order valence-corrected chi connectivity index (χ0v) is 8.18. The fourth-order valence-corrected chi connectivity index (χ4v) is 1.21. The van der Waals surface area contributed by atoms with Gasteiger partial charge in [0, 0.05) is 5.69 Å². The van der Waals surface area contributed by atoms with Gasteiger partial charge in [-0.1, -0.05) is 26.8 Å². The molecule has 0 spiro atoms. The summed E-state index contributed by atoms with van der Waals surface area (Å²) in [6.07, 6.45) is 0. The van der Waals surface area contributed by atoms with Crippen LogP contribution in [0.25, 0.3) is 0 Å². The van der Waals surface area contributed by atoms with E-state index in [4.69, 9.17) is 5.73 Å². The van der Waals surface area contributed by atoms with Crippen LogP contribution in [0.5, 0.6) is 0 Å². The summed E-state index contributed by atoms with van der Waals surface area (Å²) in [5, 5.41) is 0. The van der Waals surface area contributed by atoms with Gasteiger partial charge in [-0.3, -0.25) is 0 Å². The minimum absolute atomic E-state index is 0.0881. The number of pyridine rings is 1. The number of rotatable bonds is 0. The molecule has 2 N–H and O–H groups in total. The molecule has 2 heteroatoms. The van der Waals surface area contributed by atoms with E-state index in [-0.39, 0.29) is 5.41 Å². The van der Waals surface area contributed by atoms with Crippen LogP contribution in [0.15, 0.2) is 12.1 Å². The Kier molecular flexibility index (Phi) is 2.09. The number of anilines is 1. The van der Waals surface area contributed by atoms with Gasteiger partial charge in [0.15, 0.2) is 0 Å². The number of nitrogens with zero attached hydrogens (tertiary/aromatic N) is 1. The molecule has 2 nitrogen and oxygen atoms in total. The third-order valence-electron chi connectivity index (χ3n) is 1.87. The third-order valence-corrected chi connectivity index (χ3v) is 1.87. The van der Waals surface area contributed by atoms with Gasteiger partial charge in [0.2, 0.25) is 0 Å². The highest BCUT2D eigenvalue weighted by atomic mass is 14.8. The molecule has 0 amide bonds. The van der Waals surface area contributed by atoms with Crippen LogP contribution in [0, 0.1) is 6.92 Å². The van der Waals surface area contributed by atoms with Crippen LogP contribution >= 0.6 is 0 Å². The molecule has 0 saturated carbocycles. The van der Waals surface area contributed by atoms with Crippen molar-refractivity contribution in [1.29, 1.82) is 0 Å². The molecule has 0 saturated heterocycles. The molecule has 0 unspecified atom stereocenters. The zero-order valence-electron chi connectivity index (χ0n) is 8.18. The fourth-order valence-electron chi connectivity index (χ4n) is 1.21. The fraction of sp³-hybridized carbons (Fsp3) is 0.500. The maximum atomic E-state index is 5.80. The van der Waals surface area contributed by atoms with E-state index in [9.17, 15) is 0 Å². The number of nitrogens with two attached hydrogens (primary N) is 1. The predicted octanol–water partition coefficient (Wildman–Crippen LogP) is 2.27. The minimum Gasteiger partial charge on any atom is -0.383 e. The van der Waals surface area contributed by atoms with E-state index in [2.05, 4.69) is 31.8 Å². The van der Waals surface area contributed by atoms with Gasteiger partial charge >= 0.3 is 0 Å². The average Bonchev–Trinajstić information content (AvgIpc) is 1.83. The average molecular weight is 164 g/mol. The normalized spacial score (nSPS) is 11.7. The van der Waals surface area contributed by atoms with Crippen LogP contribution in [0.4, 0.5) is 5.82 Å². The molecule has 0 atom stereocenters. The Balaban J connectivity index is 3.19. The van der Waals surface area contributed by atoms with Gasteiger partial charge < -0.3 is 5.73 Å². The number of aryl methyl sites for hydroxylation is 1. The summed E-state index contributed by atoms with van der Waals surface area (Å²) in [5.74, 6) is 0.655. The van der Waals surface area contributed by atoms with Crippen molar-refractivity contribution in [1.82, 2.24) is 4.98 Å². The molecule has 0 fully saturated rings. The highest BCUT2D eigenvalue weighted by Crippen LogP contribution is 2.26. The summed E-state index contributed by atoms with van der Waals surface area (Å²) in [6, 6.07) is 4.05. The number of hydrogen-bond acceptors (Lipinski definition) is 2. The quantitative estimate of drug-likeness (QED) is 0.638. The molecule has 66 valence electrons. The standard InChI is InChI=1S/C10H16N2/c1-7-5-6-8(9(11)12-7)10(2,3)4/h5-6H,1-4H3,(H2,11,12). The van der Waals surface area contributed by atoms with Crippen molar-refractivity contribution < 1.29 is 0 Å². The monoisotopic (exact) mass is 164 g/mol. The zero-order chi connectivity index (χ0) is 9.35. The molecular weight excluding hydrogens is 148 g/mol. The maximum Gasteiger partial charge on any atom is 0.127 e. The second kappa shape index (κ2) is 2.77. The smallest absolute Gasteiger partial charge is 0.127 e. The van der Waals surface area contributed by atoms with Crippen molar-refractivity contribution in [2.75, 3.05) is 5.73 Å². The van der Waals surface area contributed by atoms with E-state index in [1.165, 1.54) is 0 Å². The Morgan fingerprint density at radius 3 is 2.25 bits per heavy atom. The minimum atomic E-state index is 0.0881. The topological polar surface area (TPSA) is 38.9 Å². The molecule has 1 aromatic heterocycles. The summed E-state index contributed by atoms with van der Waals surface area (Å²) in [7, 11) is 0. The van der Waals surface area contributed by atoms with E-state index in [1.54, 1.807) is 0 Å². The summed E-state index contributed by atoms with van der Waals surface area (Å²) < 4.78 is 0. The lowest BCUT2D eigenvalue weighted by atomic mass is 9.87. The summed E-state index contributed by atoms with van der Waals surface area (Å²) in [4.78, 5) is 4.22. The Bertz CT molecular complexity index is 284. The highest BCUT2D eigenvalue weighted by Gasteiger charge is 2.16. The van der Waals surface area contributed by atoms with Gasteiger partial charge in [0.1, 0.15) is 5.82 Å². The highest BCUT2D eigenvalue weighted by molar-refractivity contribution is 5.44. The van der Waals surface area contributed by atoms with E-state index in [0.29, 0.717) is 5.82 Å². The molecule has 1 rings (SSSR count). The van der Waals surface area contributed by atoms with E-state index in [0.717, 1.165) is 11.3 Å². The SMILES string of the molecule is Cc1ccc(C(C)(C)C)c(N)n1. The van der Waals surface area contributed by atoms with Crippen LogP contribution in [-0.2, 0) is 5.41 Å². The molecule has 12 heavy (non-hydrogen) atoms. The largest absolute Gasteiger partial charge is 0.383 e. The summed E-state index contributed by atoms with van der Waals surface area (Å²) in [5.41, 5.74) is 7.98. The van der Waals surface area contributed by atoms with E-state index in [1.807, 2.05) is 13.0 Å². The Morgan fingerprint density at radius 1 is 1.25 bits per heavy atom. The number of nitrogen functional groups attached to an aromatic ring is 1. The first kappa shape index (κ1) is 9.04. The van der Waals surface area contributed by atoms with Crippen molar-refractivity contribution in [3.63, 3.8) is 0 Å². The van der Waals surface area contributed by atoms with Gasteiger partial charge in [-0.05, 0) is 24.0 Å². The van der Waals surface area contributed by atoms with Crippen molar-refractivity contribution in [2.24, 2.45) is 0 Å². The molecular formula is C10H16N2. The Labute approximate surface area is 73.8 Å². The van der Waals surface area contributed by atoms with Crippen LogP contribution in [0.1, 0.15) is 32.0 Å². The van der Waals surface area contributed by atoms with Crippen molar-refractivity contribution in [3.05, 3.63) is 23.4 Å². The molecule has 0 aromatic carbocycles. The molecule has 0 aliphatic rings. The molecule has 0 aliphatic heterocycles. The van der Waals surface area contributed by atoms with Crippen LogP contribution in [0.2, 0.25) is 0 Å². The lowest BCUT2D eigenvalue weighted by Gasteiger charge is -2.20. The lowest BCUT2D eigenvalue weighted by molar-refractivity contribution is 0.590. The third kappa shape index (κ3) is 1.76. The van der Waals surface area contributed by atoms with Crippen molar-refractivity contribution in [3.8, 4) is 0 Å². The first-order valence-electron chi connectivity index (χ1n) is 4.15. The second-order valence-electron chi connectivity index (χ2n) is 4.14. The van der Waals surface area contributed by atoms with Crippen LogP contribution in [0.3, 0.4) is 0 Å². The van der Waals surface area contributed by atoms with Crippen LogP contribution < -0.4 is 5.73 Å².